The number of alkyl halides is 2. The van der Waals surface area contributed by atoms with Gasteiger partial charge in [0.1, 0.15) is 5.82 Å². The molecule has 3 aromatic heterocycles. The van der Waals surface area contributed by atoms with Crippen LogP contribution in [0, 0.1) is 0 Å². The first kappa shape index (κ1) is 21.8. The first-order valence-corrected chi connectivity index (χ1v) is 10.8. The van der Waals surface area contributed by atoms with Gasteiger partial charge in [0, 0.05) is 55.1 Å². The van der Waals surface area contributed by atoms with E-state index in [1.165, 1.54) is 12.4 Å². The van der Waals surface area contributed by atoms with Crippen LogP contribution in [0.15, 0.2) is 55.0 Å². The summed E-state index contributed by atoms with van der Waals surface area (Å²) >= 11 is 0. The summed E-state index contributed by atoms with van der Waals surface area (Å²) in [7, 11) is 2.08. The monoisotopic (exact) mass is 464 g/mol. The molecule has 1 saturated heterocycles. The number of likely N-dealkylation sites (N-methyl/N-ethyl adjacent to an activating group) is 1. The Morgan fingerprint density at radius 3 is 2.62 bits per heavy atom. The highest BCUT2D eigenvalue weighted by Gasteiger charge is 2.17. The van der Waals surface area contributed by atoms with E-state index in [9.17, 15) is 13.6 Å². The van der Waals surface area contributed by atoms with Crippen LogP contribution in [0.3, 0.4) is 0 Å². The number of nitrogens with zero attached hydrogens (tertiary/aromatic N) is 7. The molecule has 5 rings (SSSR count). The average Bonchev–Trinajstić information content (AvgIpc) is 3.35. The van der Waals surface area contributed by atoms with Crippen LogP contribution in [0.5, 0.6) is 0 Å². The van der Waals surface area contributed by atoms with E-state index in [1.54, 1.807) is 42.6 Å². The number of benzene rings is 1. The topological polar surface area (TPSA) is 92.1 Å². The summed E-state index contributed by atoms with van der Waals surface area (Å²) in [4.78, 5) is 21.7. The molecule has 0 unspecified atom stereocenters. The molecule has 34 heavy (non-hydrogen) atoms. The fourth-order valence-electron chi connectivity index (χ4n) is 3.84. The zero-order valence-electron chi connectivity index (χ0n) is 18.4. The number of hydrogen-bond acceptors (Lipinski definition) is 7. The van der Waals surface area contributed by atoms with Gasteiger partial charge < -0.3 is 15.1 Å². The number of amides is 1. The predicted molar refractivity (Wildman–Crippen MR) is 124 cm³/mol. The lowest BCUT2D eigenvalue weighted by Crippen LogP contribution is -2.44. The number of fused-ring (bicyclic) bond motifs is 1. The molecule has 1 aromatic carbocycles. The minimum Gasteiger partial charge on any atom is -0.354 e. The van der Waals surface area contributed by atoms with Gasteiger partial charge in [-0.1, -0.05) is 6.07 Å². The maximum Gasteiger partial charge on any atom is 0.333 e. The summed E-state index contributed by atoms with van der Waals surface area (Å²) in [5.74, 6) is 0.732. The van der Waals surface area contributed by atoms with Crippen molar-refractivity contribution in [2.75, 3.05) is 43.4 Å². The Kier molecular flexibility index (Phi) is 5.84. The van der Waals surface area contributed by atoms with E-state index in [0.29, 0.717) is 32.3 Å². The van der Waals surface area contributed by atoms with E-state index in [0.717, 1.165) is 32.0 Å². The van der Waals surface area contributed by atoms with Crippen LogP contribution in [0.1, 0.15) is 16.9 Å². The van der Waals surface area contributed by atoms with Crippen molar-refractivity contribution < 1.29 is 13.6 Å². The maximum atomic E-state index is 12.9. The molecular weight excluding hydrogens is 442 g/mol. The van der Waals surface area contributed by atoms with E-state index in [4.69, 9.17) is 0 Å². The number of nitrogens with one attached hydrogen (secondary N) is 1. The van der Waals surface area contributed by atoms with Crippen molar-refractivity contribution >= 4 is 28.4 Å². The molecule has 0 spiro atoms. The van der Waals surface area contributed by atoms with Gasteiger partial charge in [-0.3, -0.25) is 4.79 Å². The smallest absolute Gasteiger partial charge is 0.333 e. The Hall–Kier alpha value is -3.99. The van der Waals surface area contributed by atoms with Gasteiger partial charge in [-0.15, -0.1) is 10.2 Å². The second-order valence-electron chi connectivity index (χ2n) is 8.14. The molecule has 1 N–H and O–H groups in total. The third-order valence-corrected chi connectivity index (χ3v) is 5.80. The Balaban J connectivity index is 1.35. The van der Waals surface area contributed by atoms with Crippen LogP contribution in [0.2, 0.25) is 0 Å². The van der Waals surface area contributed by atoms with Crippen LogP contribution in [-0.4, -0.2) is 69.0 Å². The molecule has 9 nitrogen and oxygen atoms in total. The molecular formula is C23H22F2N8O. The van der Waals surface area contributed by atoms with Crippen molar-refractivity contribution in [1.29, 1.82) is 0 Å². The fourth-order valence-corrected chi connectivity index (χ4v) is 3.84. The summed E-state index contributed by atoms with van der Waals surface area (Å²) in [6.45, 7) is 0.879. The number of rotatable bonds is 5. The summed E-state index contributed by atoms with van der Waals surface area (Å²) in [5, 5.41) is 15.4. The van der Waals surface area contributed by atoms with Gasteiger partial charge in [0.05, 0.1) is 11.7 Å². The summed E-state index contributed by atoms with van der Waals surface area (Å²) in [5.41, 5.74) is 2.34. The molecule has 1 aliphatic rings. The number of carbonyl (C=O) groups excluding carboxylic acids is 1. The van der Waals surface area contributed by atoms with Crippen molar-refractivity contribution in [2.45, 2.75) is 6.55 Å². The van der Waals surface area contributed by atoms with E-state index < -0.39 is 6.55 Å². The maximum absolute atomic E-state index is 12.9. The van der Waals surface area contributed by atoms with Crippen molar-refractivity contribution in [3.63, 3.8) is 0 Å². The highest BCUT2D eigenvalue weighted by Crippen LogP contribution is 2.25. The molecule has 0 aliphatic carbocycles. The lowest BCUT2D eigenvalue weighted by atomic mass is 10.1. The molecule has 1 fully saturated rings. The fraction of sp³-hybridized carbons (Fsp3) is 0.261. The minimum absolute atomic E-state index is 0.288. The lowest BCUT2D eigenvalue weighted by Gasteiger charge is -2.33. The standard InChI is InChI=1S/C23H22F2N8O/c1-31-6-8-32(9-7-31)21-12-16(4-5-26-21)22(34)28-20-11-17-10-15(2-3-19(17)29-30-20)18-13-27-33(14-18)23(24)25/h2-5,10-14,23H,6-9H2,1H3,(H,28,30,34). The molecule has 1 aliphatic heterocycles. The van der Waals surface area contributed by atoms with Crippen molar-refractivity contribution in [3.8, 4) is 11.1 Å². The number of aromatic nitrogens is 5. The normalized spacial score (nSPS) is 14.6. The summed E-state index contributed by atoms with van der Waals surface area (Å²) in [6, 6.07) is 10.4. The zero-order valence-corrected chi connectivity index (χ0v) is 18.4. The van der Waals surface area contributed by atoms with Gasteiger partial charge in [0.15, 0.2) is 5.82 Å². The van der Waals surface area contributed by atoms with Gasteiger partial charge in [-0.05, 0) is 42.9 Å². The van der Waals surface area contributed by atoms with E-state index in [-0.39, 0.29) is 11.7 Å². The van der Waals surface area contributed by atoms with Crippen LogP contribution in [0.25, 0.3) is 22.0 Å². The molecule has 0 saturated carbocycles. The minimum atomic E-state index is -2.70. The van der Waals surface area contributed by atoms with Crippen LogP contribution in [0.4, 0.5) is 20.4 Å². The van der Waals surface area contributed by atoms with Crippen molar-refractivity contribution in [3.05, 3.63) is 60.6 Å². The number of hydrogen-bond donors (Lipinski definition) is 1. The molecule has 4 aromatic rings. The van der Waals surface area contributed by atoms with Gasteiger partial charge in [0.25, 0.3) is 5.91 Å². The molecule has 0 radical (unpaired) electrons. The lowest BCUT2D eigenvalue weighted by molar-refractivity contribution is 0.0566. The van der Waals surface area contributed by atoms with E-state index >= 15 is 0 Å². The summed E-state index contributed by atoms with van der Waals surface area (Å²) in [6.07, 6.45) is 4.29. The highest BCUT2D eigenvalue weighted by molar-refractivity contribution is 6.04. The highest BCUT2D eigenvalue weighted by atomic mass is 19.3. The van der Waals surface area contributed by atoms with Gasteiger partial charge in [-0.25, -0.2) is 9.67 Å². The van der Waals surface area contributed by atoms with Crippen LogP contribution in [-0.2, 0) is 0 Å². The molecule has 1 amide bonds. The largest absolute Gasteiger partial charge is 0.354 e. The van der Waals surface area contributed by atoms with Gasteiger partial charge in [0.2, 0.25) is 0 Å². The second kappa shape index (κ2) is 9.10. The molecule has 0 atom stereocenters. The Labute approximate surface area is 194 Å². The number of carbonyl (C=O) groups is 1. The number of anilines is 2. The summed E-state index contributed by atoms with van der Waals surface area (Å²) < 4.78 is 26.3. The van der Waals surface area contributed by atoms with Crippen molar-refractivity contribution in [1.82, 2.24) is 29.9 Å². The zero-order chi connectivity index (χ0) is 23.7. The SMILES string of the molecule is CN1CCN(c2cc(C(=O)Nc3cc4cc(-c5cnn(C(F)F)c5)ccc4nn3)ccn2)CC1. The van der Waals surface area contributed by atoms with E-state index in [1.807, 2.05) is 0 Å². The first-order valence-electron chi connectivity index (χ1n) is 10.8. The number of pyridine rings is 1. The third kappa shape index (κ3) is 4.55. The van der Waals surface area contributed by atoms with Gasteiger partial charge in [-0.2, -0.15) is 13.9 Å². The molecule has 11 heteroatoms. The average molecular weight is 464 g/mol. The molecule has 174 valence electrons. The third-order valence-electron chi connectivity index (χ3n) is 5.80. The molecule has 4 heterocycles. The number of halogens is 2. The number of piperazine rings is 1. The van der Waals surface area contributed by atoms with Crippen LogP contribution >= 0.6 is 0 Å². The van der Waals surface area contributed by atoms with Gasteiger partial charge >= 0.3 is 6.55 Å². The Bertz CT molecular complexity index is 1330. The van der Waals surface area contributed by atoms with Crippen molar-refractivity contribution in [2.24, 2.45) is 0 Å². The Morgan fingerprint density at radius 2 is 1.85 bits per heavy atom. The Morgan fingerprint density at radius 1 is 1.03 bits per heavy atom. The quantitative estimate of drug-likeness (QED) is 0.485. The predicted octanol–water partition coefficient (Wildman–Crippen LogP) is 3.29. The van der Waals surface area contributed by atoms with Crippen LogP contribution < -0.4 is 10.2 Å². The second-order valence-corrected chi connectivity index (χ2v) is 8.14. The first-order chi connectivity index (χ1) is 16.5. The van der Waals surface area contributed by atoms with E-state index in [2.05, 4.69) is 42.4 Å². The molecule has 0 bridgehead atoms.